The van der Waals surface area contributed by atoms with Crippen molar-refractivity contribution < 1.29 is 0 Å². The molecule has 1 N–H and O–H groups in total. The zero-order valence-electron chi connectivity index (χ0n) is 11.0. The lowest BCUT2D eigenvalue weighted by atomic mass is 9.97. The molecule has 0 bridgehead atoms. The van der Waals surface area contributed by atoms with Crippen LogP contribution in [0, 0.1) is 12.3 Å². The van der Waals surface area contributed by atoms with E-state index in [4.69, 9.17) is 0 Å². The van der Waals surface area contributed by atoms with Gasteiger partial charge in [-0.05, 0) is 44.7 Å². The number of aromatic nitrogens is 1. The van der Waals surface area contributed by atoms with E-state index in [-0.39, 0.29) is 0 Å². The Balaban J connectivity index is 2.00. The molecule has 0 saturated heterocycles. The summed E-state index contributed by atoms with van der Waals surface area (Å²) < 4.78 is 0. The summed E-state index contributed by atoms with van der Waals surface area (Å²) in [5, 5.41) is 6.92. The lowest BCUT2D eigenvalue weighted by Crippen LogP contribution is -2.27. The zero-order chi connectivity index (χ0) is 12.0. The Bertz CT molecular complexity index is 299. The summed E-state index contributed by atoms with van der Waals surface area (Å²) in [5.74, 6) is 0. The quantitative estimate of drug-likeness (QED) is 0.771. The van der Waals surface area contributed by atoms with Gasteiger partial charge in [0.1, 0.15) is 0 Å². The minimum Gasteiger partial charge on any atom is -0.316 e. The van der Waals surface area contributed by atoms with Gasteiger partial charge in [0.2, 0.25) is 0 Å². The summed E-state index contributed by atoms with van der Waals surface area (Å²) in [7, 11) is 0. The van der Waals surface area contributed by atoms with Crippen molar-refractivity contribution in [1.29, 1.82) is 0 Å². The molecule has 0 amide bonds. The van der Waals surface area contributed by atoms with Gasteiger partial charge in [0.15, 0.2) is 0 Å². The normalized spacial score (nSPS) is 12.0. The maximum atomic E-state index is 4.47. The van der Waals surface area contributed by atoms with E-state index in [0.717, 1.165) is 25.2 Å². The van der Waals surface area contributed by atoms with Crippen molar-refractivity contribution in [3.05, 3.63) is 16.1 Å². The highest BCUT2D eigenvalue weighted by Crippen LogP contribution is 2.12. The Morgan fingerprint density at radius 2 is 2.06 bits per heavy atom. The first kappa shape index (κ1) is 13.7. The summed E-state index contributed by atoms with van der Waals surface area (Å²) in [6, 6.07) is 0. The molecule has 0 aliphatic heterocycles. The van der Waals surface area contributed by atoms with Crippen LogP contribution in [0.25, 0.3) is 0 Å². The second kappa shape index (κ2) is 6.36. The van der Waals surface area contributed by atoms with Crippen LogP contribution in [0.3, 0.4) is 0 Å². The van der Waals surface area contributed by atoms with Crippen molar-refractivity contribution >= 4 is 11.3 Å². The molecule has 92 valence electrons. The van der Waals surface area contributed by atoms with Crippen molar-refractivity contribution in [3.8, 4) is 0 Å². The van der Waals surface area contributed by atoms with E-state index in [0.29, 0.717) is 5.41 Å². The summed E-state index contributed by atoms with van der Waals surface area (Å²) >= 11 is 1.79. The van der Waals surface area contributed by atoms with Crippen LogP contribution in [-0.4, -0.2) is 18.1 Å². The van der Waals surface area contributed by atoms with E-state index in [1.807, 2.05) is 0 Å². The third kappa shape index (κ3) is 6.23. The average molecular weight is 240 g/mol. The second-order valence-corrected chi connectivity index (χ2v) is 6.52. The highest BCUT2D eigenvalue weighted by atomic mass is 32.1. The lowest BCUT2D eigenvalue weighted by molar-refractivity contribution is 0.378. The highest BCUT2D eigenvalue weighted by molar-refractivity contribution is 7.09. The number of hydrogen-bond acceptors (Lipinski definition) is 3. The monoisotopic (exact) mass is 240 g/mol. The van der Waals surface area contributed by atoms with Crippen molar-refractivity contribution in [1.82, 2.24) is 10.3 Å². The van der Waals surface area contributed by atoms with E-state index in [1.165, 1.54) is 17.8 Å². The van der Waals surface area contributed by atoms with Crippen molar-refractivity contribution in [3.63, 3.8) is 0 Å². The van der Waals surface area contributed by atoms with Crippen LogP contribution >= 0.6 is 11.3 Å². The van der Waals surface area contributed by atoms with E-state index in [1.54, 1.807) is 11.3 Å². The van der Waals surface area contributed by atoms with Crippen molar-refractivity contribution in [2.75, 3.05) is 13.1 Å². The smallest absolute Gasteiger partial charge is 0.0928 e. The molecule has 1 aromatic rings. The number of rotatable bonds is 6. The van der Waals surface area contributed by atoms with Gasteiger partial charge in [0.25, 0.3) is 0 Å². The van der Waals surface area contributed by atoms with Gasteiger partial charge in [-0.3, -0.25) is 0 Å². The van der Waals surface area contributed by atoms with Crippen molar-refractivity contribution in [2.45, 2.75) is 47.0 Å². The SMILES string of the molecule is Cc1csc(CCCCNCC(C)(C)C)n1. The molecule has 1 rings (SSSR count). The number of nitrogens with zero attached hydrogens (tertiary/aromatic N) is 1. The molecule has 3 heteroatoms. The van der Waals surface area contributed by atoms with E-state index >= 15 is 0 Å². The van der Waals surface area contributed by atoms with Gasteiger partial charge in [0.05, 0.1) is 5.01 Å². The largest absolute Gasteiger partial charge is 0.316 e. The van der Waals surface area contributed by atoms with Crippen LogP contribution in [0.5, 0.6) is 0 Å². The summed E-state index contributed by atoms with van der Waals surface area (Å²) in [6.07, 6.45) is 3.62. The van der Waals surface area contributed by atoms with Gasteiger partial charge < -0.3 is 5.32 Å². The minimum absolute atomic E-state index is 0.395. The molecular formula is C13H24N2S. The maximum Gasteiger partial charge on any atom is 0.0928 e. The molecule has 2 nitrogen and oxygen atoms in total. The van der Waals surface area contributed by atoms with Gasteiger partial charge in [-0.2, -0.15) is 0 Å². The summed E-state index contributed by atoms with van der Waals surface area (Å²) in [6.45, 7) is 11.1. The predicted octanol–water partition coefficient (Wildman–Crippen LogP) is 3.41. The van der Waals surface area contributed by atoms with E-state index in [9.17, 15) is 0 Å². The first-order valence-electron chi connectivity index (χ1n) is 6.09. The molecule has 0 atom stereocenters. The molecule has 0 spiro atoms. The van der Waals surface area contributed by atoms with Crippen LogP contribution in [0.15, 0.2) is 5.38 Å². The lowest BCUT2D eigenvalue weighted by Gasteiger charge is -2.18. The fourth-order valence-electron chi connectivity index (χ4n) is 1.51. The van der Waals surface area contributed by atoms with Crippen LogP contribution < -0.4 is 5.32 Å². The zero-order valence-corrected chi connectivity index (χ0v) is 11.8. The topological polar surface area (TPSA) is 24.9 Å². The second-order valence-electron chi connectivity index (χ2n) is 5.58. The Labute approximate surface area is 103 Å². The van der Waals surface area contributed by atoms with Crippen LogP contribution in [0.1, 0.15) is 44.3 Å². The third-order valence-corrected chi connectivity index (χ3v) is 3.34. The standard InChI is InChI=1S/C13H24N2S/c1-11-9-16-12(15-11)7-5-6-8-14-10-13(2,3)4/h9,14H,5-8,10H2,1-4H3. The van der Waals surface area contributed by atoms with Crippen LogP contribution in [-0.2, 0) is 6.42 Å². The Morgan fingerprint density at radius 3 is 2.62 bits per heavy atom. The maximum absolute atomic E-state index is 4.47. The number of thiazole rings is 1. The highest BCUT2D eigenvalue weighted by Gasteiger charge is 2.08. The molecule has 0 aliphatic carbocycles. The minimum atomic E-state index is 0.395. The van der Waals surface area contributed by atoms with Crippen LogP contribution in [0.2, 0.25) is 0 Å². The first-order chi connectivity index (χ1) is 7.47. The van der Waals surface area contributed by atoms with Gasteiger partial charge in [0, 0.05) is 11.1 Å². The van der Waals surface area contributed by atoms with Crippen LogP contribution in [0.4, 0.5) is 0 Å². The van der Waals surface area contributed by atoms with E-state index < -0.39 is 0 Å². The number of aryl methyl sites for hydroxylation is 2. The molecule has 1 aromatic heterocycles. The Hall–Kier alpha value is -0.410. The van der Waals surface area contributed by atoms with Gasteiger partial charge in [-0.25, -0.2) is 4.98 Å². The Morgan fingerprint density at radius 1 is 1.31 bits per heavy atom. The summed E-state index contributed by atoms with van der Waals surface area (Å²) in [5.41, 5.74) is 1.55. The third-order valence-electron chi connectivity index (χ3n) is 2.32. The number of unbranched alkanes of at least 4 members (excludes halogenated alkanes) is 1. The molecule has 0 aromatic carbocycles. The van der Waals surface area contributed by atoms with Gasteiger partial charge in [-0.15, -0.1) is 11.3 Å². The van der Waals surface area contributed by atoms with Gasteiger partial charge in [-0.1, -0.05) is 20.8 Å². The molecule has 1 heterocycles. The summed E-state index contributed by atoms with van der Waals surface area (Å²) in [4.78, 5) is 4.47. The van der Waals surface area contributed by atoms with Crippen molar-refractivity contribution in [2.24, 2.45) is 5.41 Å². The average Bonchev–Trinajstić information content (AvgIpc) is 2.56. The number of hydrogen-bond donors (Lipinski definition) is 1. The molecule has 0 saturated carbocycles. The number of nitrogens with one attached hydrogen (secondary N) is 1. The molecule has 0 unspecified atom stereocenters. The molecule has 0 fully saturated rings. The van der Waals surface area contributed by atoms with E-state index in [2.05, 4.69) is 43.4 Å². The fourth-order valence-corrected chi connectivity index (χ4v) is 2.33. The predicted molar refractivity (Wildman–Crippen MR) is 72.1 cm³/mol. The van der Waals surface area contributed by atoms with Gasteiger partial charge >= 0.3 is 0 Å². The first-order valence-corrected chi connectivity index (χ1v) is 6.97. The Kier molecular flexibility index (Phi) is 5.42. The molecule has 0 radical (unpaired) electrons. The molecule has 16 heavy (non-hydrogen) atoms. The fraction of sp³-hybridized carbons (Fsp3) is 0.769. The molecular weight excluding hydrogens is 216 g/mol. The molecule has 0 aliphatic rings.